The lowest BCUT2D eigenvalue weighted by molar-refractivity contribution is -0.158. The Morgan fingerprint density at radius 1 is 1.00 bits per heavy atom. The normalized spacial score (nSPS) is 11.2. The van der Waals surface area contributed by atoms with Crippen LogP contribution in [-0.2, 0) is 36.2 Å². The third kappa shape index (κ3) is 4.34. The fourth-order valence-corrected chi connectivity index (χ4v) is 2.94. The van der Waals surface area contributed by atoms with Crippen molar-refractivity contribution in [2.75, 3.05) is 13.2 Å². The summed E-state index contributed by atoms with van der Waals surface area (Å²) in [4.78, 5) is 24.9. The third-order valence-corrected chi connectivity index (χ3v) is 4.72. The van der Waals surface area contributed by atoms with Crippen molar-refractivity contribution in [2.45, 2.75) is 51.3 Å². The fraction of sp³-hybridized carbons (Fsp3) is 0.556. The van der Waals surface area contributed by atoms with Crippen molar-refractivity contribution in [1.82, 2.24) is 0 Å². The van der Waals surface area contributed by atoms with Gasteiger partial charge in [0.25, 0.3) is 0 Å². The van der Waals surface area contributed by atoms with Crippen molar-refractivity contribution < 1.29 is 19.1 Å². The van der Waals surface area contributed by atoms with E-state index in [4.69, 9.17) is 9.47 Å². The van der Waals surface area contributed by atoms with E-state index in [2.05, 4.69) is 29.8 Å². The van der Waals surface area contributed by atoms with Gasteiger partial charge in [0.15, 0.2) is 0 Å². The van der Waals surface area contributed by atoms with Crippen LogP contribution in [0.3, 0.4) is 0 Å². The van der Waals surface area contributed by atoms with E-state index in [0.717, 1.165) is 24.8 Å². The van der Waals surface area contributed by atoms with Crippen molar-refractivity contribution >= 4 is 27.9 Å². The number of carbonyl (C=O) groups excluding carboxylic acids is 2. The Kier molecular flexibility index (Phi) is 7.76. The minimum Gasteiger partial charge on any atom is -0.464 e. The molecule has 0 aromatic heterocycles. The average Bonchev–Trinajstić information content (AvgIpc) is 2.54. The van der Waals surface area contributed by atoms with Crippen LogP contribution in [0.25, 0.3) is 0 Å². The van der Waals surface area contributed by atoms with Crippen LogP contribution in [0.15, 0.2) is 18.2 Å². The van der Waals surface area contributed by atoms with Crippen LogP contribution in [0.4, 0.5) is 0 Å². The van der Waals surface area contributed by atoms with Gasteiger partial charge in [0, 0.05) is 0 Å². The third-order valence-electron chi connectivity index (χ3n) is 3.62. The van der Waals surface area contributed by atoms with Gasteiger partial charge in [0.05, 0.1) is 13.2 Å². The molecule has 128 valence electrons. The Bertz CT molecular complexity index is 536. The molecule has 0 atom stereocenters. The van der Waals surface area contributed by atoms with Crippen LogP contribution in [0.2, 0.25) is 0 Å². The lowest BCUT2D eigenvalue weighted by atomic mass is 9.92. The Morgan fingerprint density at radius 2 is 1.57 bits per heavy atom. The second kappa shape index (κ2) is 9.06. The molecule has 0 unspecified atom stereocenters. The molecule has 5 heteroatoms. The number of halogens is 1. The highest BCUT2D eigenvalue weighted by atomic mass is 79.9. The zero-order valence-electron chi connectivity index (χ0n) is 14.3. The molecule has 0 bridgehead atoms. The number of ether oxygens (including phenoxy) is 2. The summed E-state index contributed by atoms with van der Waals surface area (Å²) < 4.78 is 8.58. The molecule has 1 rings (SSSR count). The van der Waals surface area contributed by atoms with Crippen LogP contribution in [0, 0.1) is 0 Å². The molecule has 0 aliphatic carbocycles. The van der Waals surface area contributed by atoms with E-state index in [1.54, 1.807) is 19.9 Å². The Morgan fingerprint density at radius 3 is 2.00 bits per heavy atom. The van der Waals surface area contributed by atoms with Gasteiger partial charge in [-0.1, -0.05) is 54.4 Å². The molecule has 0 fully saturated rings. The number of alkyl halides is 1. The predicted molar refractivity (Wildman–Crippen MR) is 93.7 cm³/mol. The van der Waals surface area contributed by atoms with E-state index in [9.17, 15) is 9.59 Å². The highest BCUT2D eigenvalue weighted by molar-refractivity contribution is 9.10. The summed E-state index contributed by atoms with van der Waals surface area (Å²) in [5.41, 5.74) is 2.91. The number of carbonyl (C=O) groups is 2. The summed E-state index contributed by atoms with van der Waals surface area (Å²) in [6.45, 7) is 8.00. The summed E-state index contributed by atoms with van der Waals surface area (Å²) in [5.74, 6) is -1.30. The standard InChI is InChI=1S/C18H25BrO4/c1-5-9-14-12-15(11-10-13(14)6-2)18(19,16(20)22-7-3)17(21)23-8-4/h10-12H,5-9H2,1-4H3. The summed E-state index contributed by atoms with van der Waals surface area (Å²) in [6, 6.07) is 5.67. The van der Waals surface area contributed by atoms with Crippen molar-refractivity contribution in [3.63, 3.8) is 0 Å². The van der Waals surface area contributed by atoms with Gasteiger partial charge < -0.3 is 9.47 Å². The van der Waals surface area contributed by atoms with Crippen LogP contribution in [0.1, 0.15) is 50.8 Å². The number of hydrogen-bond donors (Lipinski definition) is 0. The lowest BCUT2D eigenvalue weighted by Gasteiger charge is -2.24. The molecule has 0 heterocycles. The van der Waals surface area contributed by atoms with Crippen LogP contribution >= 0.6 is 15.9 Å². The molecule has 1 aromatic rings. The SMILES string of the molecule is CCCc1cc(C(Br)(C(=O)OCC)C(=O)OCC)ccc1CC. The number of rotatable bonds is 8. The number of hydrogen-bond acceptors (Lipinski definition) is 4. The van der Waals surface area contributed by atoms with Gasteiger partial charge in [-0.15, -0.1) is 0 Å². The lowest BCUT2D eigenvalue weighted by Crippen LogP contribution is -2.41. The minimum atomic E-state index is -1.62. The Labute approximate surface area is 146 Å². The topological polar surface area (TPSA) is 52.6 Å². The van der Waals surface area contributed by atoms with Crippen LogP contribution in [0.5, 0.6) is 0 Å². The Balaban J connectivity index is 3.39. The van der Waals surface area contributed by atoms with Crippen LogP contribution < -0.4 is 0 Å². The second-order valence-electron chi connectivity index (χ2n) is 5.19. The smallest absolute Gasteiger partial charge is 0.339 e. The highest BCUT2D eigenvalue weighted by Crippen LogP contribution is 2.36. The molecule has 0 radical (unpaired) electrons. The quantitative estimate of drug-likeness (QED) is 0.387. The maximum Gasteiger partial charge on any atom is 0.339 e. The summed E-state index contributed by atoms with van der Waals surface area (Å²) in [6.07, 6.45) is 2.79. The van der Waals surface area contributed by atoms with Gasteiger partial charge in [-0.25, -0.2) is 9.59 Å². The predicted octanol–water partition coefficient (Wildman–Crippen LogP) is 3.92. The highest BCUT2D eigenvalue weighted by Gasteiger charge is 2.48. The first kappa shape index (κ1) is 19.7. The number of esters is 2. The molecular weight excluding hydrogens is 360 g/mol. The van der Waals surface area contributed by atoms with Crippen molar-refractivity contribution in [2.24, 2.45) is 0 Å². The molecule has 0 aliphatic heterocycles. The first-order chi connectivity index (χ1) is 10.9. The van der Waals surface area contributed by atoms with Crippen molar-refractivity contribution in [3.05, 3.63) is 34.9 Å². The summed E-state index contributed by atoms with van der Waals surface area (Å²) in [5, 5.41) is 0. The van der Waals surface area contributed by atoms with E-state index in [-0.39, 0.29) is 13.2 Å². The summed E-state index contributed by atoms with van der Waals surface area (Å²) >= 11 is 3.31. The van der Waals surface area contributed by atoms with E-state index < -0.39 is 16.3 Å². The minimum absolute atomic E-state index is 0.195. The van der Waals surface area contributed by atoms with Gasteiger partial charge in [-0.3, -0.25) is 0 Å². The molecule has 0 amide bonds. The first-order valence-electron chi connectivity index (χ1n) is 8.11. The maximum atomic E-state index is 12.4. The maximum absolute atomic E-state index is 12.4. The molecule has 4 nitrogen and oxygen atoms in total. The van der Waals surface area contributed by atoms with E-state index in [1.165, 1.54) is 5.56 Å². The van der Waals surface area contributed by atoms with Gasteiger partial charge in [0.1, 0.15) is 0 Å². The van der Waals surface area contributed by atoms with Crippen molar-refractivity contribution in [3.8, 4) is 0 Å². The molecule has 1 aromatic carbocycles. The monoisotopic (exact) mass is 384 g/mol. The first-order valence-corrected chi connectivity index (χ1v) is 8.90. The van der Waals surface area contributed by atoms with Gasteiger partial charge in [-0.05, 0) is 43.4 Å². The summed E-state index contributed by atoms with van der Waals surface area (Å²) in [7, 11) is 0. The van der Waals surface area contributed by atoms with E-state index in [1.807, 2.05) is 12.1 Å². The number of benzene rings is 1. The fourth-order valence-electron chi connectivity index (χ4n) is 2.47. The molecule has 0 saturated heterocycles. The molecule has 0 spiro atoms. The molecule has 0 aliphatic rings. The average molecular weight is 385 g/mol. The largest absolute Gasteiger partial charge is 0.464 e. The molecule has 0 saturated carbocycles. The van der Waals surface area contributed by atoms with Gasteiger partial charge in [-0.2, -0.15) is 0 Å². The van der Waals surface area contributed by atoms with E-state index >= 15 is 0 Å². The van der Waals surface area contributed by atoms with Gasteiger partial charge in [0.2, 0.25) is 4.32 Å². The van der Waals surface area contributed by atoms with E-state index in [0.29, 0.717) is 5.56 Å². The molecule has 0 N–H and O–H groups in total. The van der Waals surface area contributed by atoms with Gasteiger partial charge >= 0.3 is 11.9 Å². The zero-order chi connectivity index (χ0) is 17.5. The zero-order valence-corrected chi connectivity index (χ0v) is 15.9. The molecular formula is C18H25BrO4. The second-order valence-corrected chi connectivity index (χ2v) is 6.38. The Hall–Kier alpha value is -1.36. The molecule has 23 heavy (non-hydrogen) atoms. The van der Waals surface area contributed by atoms with Crippen LogP contribution in [-0.4, -0.2) is 25.2 Å². The van der Waals surface area contributed by atoms with Crippen molar-refractivity contribution in [1.29, 1.82) is 0 Å². The number of aryl methyl sites for hydroxylation is 2.